The topological polar surface area (TPSA) is 114 Å². The SMILES string of the molecule is COc1ccc(NC(=O)c2[nH]c3ccc(Cl)cc3c2Cl)cc1S(N)(=O)=O. The molecule has 0 aliphatic carbocycles. The summed E-state index contributed by atoms with van der Waals surface area (Å²) in [6, 6.07) is 9.09. The lowest BCUT2D eigenvalue weighted by molar-refractivity contribution is 0.102. The monoisotopic (exact) mass is 413 g/mol. The number of halogens is 2. The van der Waals surface area contributed by atoms with Crippen molar-refractivity contribution in [3.8, 4) is 5.75 Å². The molecule has 0 aliphatic heterocycles. The number of nitrogens with one attached hydrogen (secondary N) is 2. The average Bonchev–Trinajstić information content (AvgIpc) is 2.90. The fourth-order valence-corrected chi connectivity index (χ4v) is 3.64. The van der Waals surface area contributed by atoms with Gasteiger partial charge in [0, 0.05) is 21.6 Å². The van der Waals surface area contributed by atoms with E-state index in [9.17, 15) is 13.2 Å². The van der Waals surface area contributed by atoms with Crippen LogP contribution < -0.4 is 15.2 Å². The van der Waals surface area contributed by atoms with E-state index in [0.717, 1.165) is 0 Å². The molecule has 0 unspecified atom stereocenters. The minimum absolute atomic E-state index is 0.0729. The normalized spacial score (nSPS) is 11.5. The Balaban J connectivity index is 1.97. The van der Waals surface area contributed by atoms with E-state index in [1.807, 2.05) is 0 Å². The van der Waals surface area contributed by atoms with Crippen LogP contribution in [0.4, 0.5) is 5.69 Å². The van der Waals surface area contributed by atoms with Gasteiger partial charge in [0.1, 0.15) is 16.3 Å². The Labute approximate surface area is 159 Å². The maximum atomic E-state index is 12.5. The molecule has 0 spiro atoms. The molecule has 0 aliphatic rings. The van der Waals surface area contributed by atoms with Crippen molar-refractivity contribution in [1.82, 2.24) is 4.98 Å². The van der Waals surface area contributed by atoms with Gasteiger partial charge >= 0.3 is 0 Å². The molecule has 1 aromatic heterocycles. The molecule has 0 saturated heterocycles. The molecule has 3 aromatic rings. The van der Waals surface area contributed by atoms with Gasteiger partial charge in [-0.25, -0.2) is 13.6 Å². The fourth-order valence-electron chi connectivity index (χ4n) is 2.46. The minimum atomic E-state index is -4.03. The quantitative estimate of drug-likeness (QED) is 0.607. The van der Waals surface area contributed by atoms with Crippen molar-refractivity contribution in [2.75, 3.05) is 12.4 Å². The number of nitrogens with two attached hydrogens (primary N) is 1. The Kier molecular flexibility index (Phi) is 4.85. The standard InChI is InChI=1S/C16H13Cl2N3O4S/c1-25-12-5-3-9(7-13(12)26(19,23)24)20-16(22)15-14(18)10-6-8(17)2-4-11(10)21-15/h2-7,21H,1H3,(H,20,22)(H2,19,23,24). The van der Waals surface area contributed by atoms with Crippen LogP contribution in [0.15, 0.2) is 41.3 Å². The highest BCUT2D eigenvalue weighted by Crippen LogP contribution is 2.31. The van der Waals surface area contributed by atoms with Crippen LogP contribution in [0, 0.1) is 0 Å². The van der Waals surface area contributed by atoms with Crippen molar-refractivity contribution in [3.05, 3.63) is 52.1 Å². The zero-order valence-electron chi connectivity index (χ0n) is 13.3. The number of carbonyl (C=O) groups is 1. The van der Waals surface area contributed by atoms with E-state index in [0.29, 0.717) is 15.9 Å². The van der Waals surface area contributed by atoms with Crippen LogP contribution >= 0.6 is 23.2 Å². The fraction of sp³-hybridized carbons (Fsp3) is 0.0625. The Bertz CT molecular complexity index is 1130. The third kappa shape index (κ3) is 3.49. The first-order valence-electron chi connectivity index (χ1n) is 7.19. The Morgan fingerprint density at radius 1 is 1.19 bits per heavy atom. The van der Waals surface area contributed by atoms with Crippen LogP contribution in [0.3, 0.4) is 0 Å². The number of methoxy groups -OCH3 is 1. The highest BCUT2D eigenvalue weighted by molar-refractivity contribution is 7.89. The van der Waals surface area contributed by atoms with Crippen molar-refractivity contribution in [1.29, 1.82) is 0 Å². The molecule has 0 bridgehead atoms. The van der Waals surface area contributed by atoms with Gasteiger partial charge in [-0.15, -0.1) is 0 Å². The van der Waals surface area contributed by atoms with Gasteiger partial charge in [0.15, 0.2) is 0 Å². The molecule has 0 atom stereocenters. The number of amides is 1. The largest absolute Gasteiger partial charge is 0.495 e. The number of aromatic nitrogens is 1. The van der Waals surface area contributed by atoms with Gasteiger partial charge in [-0.05, 0) is 36.4 Å². The molecule has 2 aromatic carbocycles. The maximum Gasteiger partial charge on any atom is 0.273 e. The molecule has 4 N–H and O–H groups in total. The second-order valence-electron chi connectivity index (χ2n) is 5.37. The lowest BCUT2D eigenvalue weighted by Gasteiger charge is -2.10. The first-order chi connectivity index (χ1) is 12.2. The third-order valence-electron chi connectivity index (χ3n) is 3.65. The zero-order valence-corrected chi connectivity index (χ0v) is 15.7. The summed E-state index contributed by atoms with van der Waals surface area (Å²) in [5.74, 6) is -0.475. The number of fused-ring (bicyclic) bond motifs is 1. The van der Waals surface area contributed by atoms with Crippen molar-refractivity contribution < 1.29 is 17.9 Å². The predicted octanol–water partition coefficient (Wildman–Crippen LogP) is 3.38. The summed E-state index contributed by atoms with van der Waals surface area (Å²) in [5, 5.41) is 9.04. The van der Waals surface area contributed by atoms with Gasteiger partial charge in [0.05, 0.1) is 12.1 Å². The Morgan fingerprint density at radius 3 is 2.58 bits per heavy atom. The zero-order chi connectivity index (χ0) is 19.1. The van der Waals surface area contributed by atoms with Crippen LogP contribution in [0.1, 0.15) is 10.5 Å². The molecule has 3 rings (SSSR count). The molecule has 136 valence electrons. The summed E-state index contributed by atoms with van der Waals surface area (Å²) in [4.78, 5) is 15.2. The number of hydrogen-bond donors (Lipinski definition) is 3. The van der Waals surface area contributed by atoms with Gasteiger partial charge in [-0.2, -0.15) is 0 Å². The van der Waals surface area contributed by atoms with Gasteiger partial charge in [-0.3, -0.25) is 4.79 Å². The summed E-state index contributed by atoms with van der Waals surface area (Å²) in [6.07, 6.45) is 0. The van der Waals surface area contributed by atoms with E-state index in [-0.39, 0.29) is 27.0 Å². The summed E-state index contributed by atoms with van der Waals surface area (Å²) in [6.45, 7) is 0. The first-order valence-corrected chi connectivity index (χ1v) is 9.50. The lowest BCUT2D eigenvalue weighted by atomic mass is 10.2. The predicted molar refractivity (Wildman–Crippen MR) is 101 cm³/mol. The number of ether oxygens (including phenoxy) is 1. The number of primary sulfonamides is 1. The molecule has 0 saturated carbocycles. The Hall–Kier alpha value is -2.26. The molecule has 0 fully saturated rings. The van der Waals surface area contributed by atoms with Crippen molar-refractivity contribution in [2.24, 2.45) is 5.14 Å². The van der Waals surface area contributed by atoms with Crippen LogP contribution in [-0.2, 0) is 10.0 Å². The van der Waals surface area contributed by atoms with Gasteiger partial charge in [0.25, 0.3) is 5.91 Å². The smallest absolute Gasteiger partial charge is 0.273 e. The van der Waals surface area contributed by atoms with E-state index in [1.54, 1.807) is 18.2 Å². The molecular weight excluding hydrogens is 401 g/mol. The lowest BCUT2D eigenvalue weighted by Crippen LogP contribution is -2.16. The highest BCUT2D eigenvalue weighted by Gasteiger charge is 2.19. The number of sulfonamides is 1. The second-order valence-corrected chi connectivity index (χ2v) is 7.71. The molecule has 0 radical (unpaired) electrons. The van der Waals surface area contributed by atoms with Gasteiger partial charge in [0.2, 0.25) is 10.0 Å². The summed E-state index contributed by atoms with van der Waals surface area (Å²) < 4.78 is 28.3. The van der Waals surface area contributed by atoms with Crippen LogP contribution in [-0.4, -0.2) is 26.4 Å². The van der Waals surface area contributed by atoms with Crippen LogP contribution in [0.5, 0.6) is 5.75 Å². The molecule has 10 heteroatoms. The summed E-state index contributed by atoms with van der Waals surface area (Å²) in [7, 11) is -2.71. The number of carbonyl (C=O) groups excluding carboxylic acids is 1. The van der Waals surface area contributed by atoms with E-state index >= 15 is 0 Å². The van der Waals surface area contributed by atoms with Gasteiger partial charge < -0.3 is 15.0 Å². The first kappa shape index (κ1) is 18.5. The van der Waals surface area contributed by atoms with E-state index in [1.165, 1.54) is 25.3 Å². The van der Waals surface area contributed by atoms with Gasteiger partial charge in [-0.1, -0.05) is 23.2 Å². The summed E-state index contributed by atoms with van der Waals surface area (Å²) >= 11 is 12.2. The van der Waals surface area contributed by atoms with Crippen molar-refractivity contribution in [2.45, 2.75) is 4.90 Å². The molecule has 1 amide bonds. The third-order valence-corrected chi connectivity index (χ3v) is 5.21. The van der Waals surface area contributed by atoms with E-state index < -0.39 is 15.9 Å². The number of rotatable bonds is 4. The number of anilines is 1. The molecule has 1 heterocycles. The summed E-state index contributed by atoms with van der Waals surface area (Å²) in [5.41, 5.74) is 0.981. The minimum Gasteiger partial charge on any atom is -0.495 e. The Morgan fingerprint density at radius 2 is 1.92 bits per heavy atom. The van der Waals surface area contributed by atoms with Crippen molar-refractivity contribution in [3.63, 3.8) is 0 Å². The number of aromatic amines is 1. The van der Waals surface area contributed by atoms with E-state index in [2.05, 4.69) is 10.3 Å². The number of H-pyrrole nitrogens is 1. The van der Waals surface area contributed by atoms with Crippen molar-refractivity contribution >= 4 is 55.7 Å². The highest BCUT2D eigenvalue weighted by atomic mass is 35.5. The van der Waals surface area contributed by atoms with E-state index in [4.69, 9.17) is 33.1 Å². The van der Waals surface area contributed by atoms with Crippen LogP contribution in [0.25, 0.3) is 10.9 Å². The average molecular weight is 414 g/mol. The molecule has 26 heavy (non-hydrogen) atoms. The number of hydrogen-bond acceptors (Lipinski definition) is 4. The molecular formula is C16H13Cl2N3O4S. The maximum absolute atomic E-state index is 12.5. The van der Waals surface area contributed by atoms with Crippen LogP contribution in [0.2, 0.25) is 10.0 Å². The molecule has 7 nitrogen and oxygen atoms in total. The number of benzene rings is 2. The second kappa shape index (κ2) is 6.81.